The van der Waals surface area contributed by atoms with Crippen molar-refractivity contribution in [3.8, 4) is 11.3 Å². The smallest absolute Gasteiger partial charge is 0.257 e. The number of aryl methyl sites for hydroxylation is 1. The average Bonchev–Trinajstić information content (AvgIpc) is 3.09. The summed E-state index contributed by atoms with van der Waals surface area (Å²) in [5.41, 5.74) is 5.55. The van der Waals surface area contributed by atoms with Gasteiger partial charge in [-0.25, -0.2) is 0 Å². The molecule has 0 saturated heterocycles. The Morgan fingerprint density at radius 1 is 1.22 bits per heavy atom. The molecule has 0 unspecified atom stereocenters. The van der Waals surface area contributed by atoms with Crippen LogP contribution in [0.3, 0.4) is 0 Å². The third-order valence-corrected chi connectivity index (χ3v) is 4.67. The van der Waals surface area contributed by atoms with Crippen molar-refractivity contribution in [2.75, 3.05) is 20.3 Å². The molecule has 0 amide bonds. The molecule has 0 aliphatic heterocycles. The molecule has 2 aromatic heterocycles. The van der Waals surface area contributed by atoms with E-state index >= 15 is 0 Å². The topological polar surface area (TPSA) is 69.9 Å². The molecule has 0 saturated carbocycles. The Hall–Kier alpha value is -2.63. The highest BCUT2D eigenvalue weighted by Gasteiger charge is 2.11. The molecule has 5 nitrogen and oxygen atoms in total. The highest BCUT2D eigenvalue weighted by Crippen LogP contribution is 2.24. The highest BCUT2D eigenvalue weighted by molar-refractivity contribution is 5.86. The van der Waals surface area contributed by atoms with E-state index in [0.29, 0.717) is 12.2 Å². The summed E-state index contributed by atoms with van der Waals surface area (Å²) in [5.74, 6) is 0. The maximum Gasteiger partial charge on any atom is 0.257 e. The molecule has 3 N–H and O–H groups in total. The number of pyridine rings is 1. The second-order valence-corrected chi connectivity index (χ2v) is 6.68. The second kappa shape index (κ2) is 8.84. The van der Waals surface area contributed by atoms with Gasteiger partial charge < -0.3 is 20.0 Å². The van der Waals surface area contributed by atoms with Crippen molar-refractivity contribution in [3.63, 3.8) is 0 Å². The first-order valence-electron chi connectivity index (χ1n) is 9.36. The van der Waals surface area contributed by atoms with Crippen LogP contribution in [0.5, 0.6) is 0 Å². The fraction of sp³-hybridized carbons (Fsp3) is 0.318. The zero-order valence-electron chi connectivity index (χ0n) is 16.0. The number of benzene rings is 1. The molecule has 0 atom stereocenters. The van der Waals surface area contributed by atoms with Crippen molar-refractivity contribution in [1.82, 2.24) is 15.3 Å². The van der Waals surface area contributed by atoms with Gasteiger partial charge in [-0.2, -0.15) is 0 Å². The van der Waals surface area contributed by atoms with Gasteiger partial charge in [0.15, 0.2) is 0 Å². The van der Waals surface area contributed by atoms with Crippen molar-refractivity contribution in [3.05, 3.63) is 64.1 Å². The molecule has 0 bridgehead atoms. The number of ether oxygens (including phenoxy) is 1. The van der Waals surface area contributed by atoms with E-state index in [1.54, 1.807) is 13.2 Å². The highest BCUT2D eigenvalue weighted by atomic mass is 16.5. The summed E-state index contributed by atoms with van der Waals surface area (Å²) >= 11 is 0. The minimum atomic E-state index is -0.0993. The maximum absolute atomic E-state index is 12.6. The van der Waals surface area contributed by atoms with Gasteiger partial charge in [-0.1, -0.05) is 26.0 Å². The Morgan fingerprint density at radius 2 is 2.07 bits per heavy atom. The lowest BCUT2D eigenvalue weighted by atomic mass is 10.0. The number of fused-ring (bicyclic) bond motifs is 1. The van der Waals surface area contributed by atoms with Crippen LogP contribution >= 0.6 is 0 Å². The molecule has 3 aromatic rings. The van der Waals surface area contributed by atoms with Crippen LogP contribution in [0.4, 0.5) is 0 Å². The number of hydrogen-bond donors (Lipinski definition) is 3. The van der Waals surface area contributed by atoms with E-state index in [1.807, 2.05) is 12.1 Å². The van der Waals surface area contributed by atoms with Crippen LogP contribution in [0.2, 0.25) is 0 Å². The van der Waals surface area contributed by atoms with E-state index in [-0.39, 0.29) is 5.56 Å². The summed E-state index contributed by atoms with van der Waals surface area (Å²) in [7, 11) is 1.70. The Bertz CT molecular complexity index is 985. The average molecular weight is 365 g/mol. The fourth-order valence-corrected chi connectivity index (χ4v) is 3.29. The van der Waals surface area contributed by atoms with Crippen molar-refractivity contribution in [1.29, 1.82) is 0 Å². The van der Waals surface area contributed by atoms with Crippen LogP contribution in [0, 0.1) is 0 Å². The van der Waals surface area contributed by atoms with Gasteiger partial charge >= 0.3 is 0 Å². The van der Waals surface area contributed by atoms with Crippen LogP contribution in [0.15, 0.2) is 41.7 Å². The Balaban J connectivity index is 1.92. The summed E-state index contributed by atoms with van der Waals surface area (Å²) in [6.07, 6.45) is 3.63. The number of aromatic amines is 2. The third kappa shape index (κ3) is 4.38. The molecule has 142 valence electrons. The first-order chi connectivity index (χ1) is 13.2. The maximum atomic E-state index is 12.6. The summed E-state index contributed by atoms with van der Waals surface area (Å²) in [4.78, 5) is 18.9. The minimum Gasteiger partial charge on any atom is -0.383 e. The van der Waals surface area contributed by atoms with Gasteiger partial charge in [0.25, 0.3) is 5.56 Å². The molecule has 0 aliphatic rings. The van der Waals surface area contributed by atoms with Gasteiger partial charge in [-0.15, -0.1) is 0 Å². The van der Waals surface area contributed by atoms with Gasteiger partial charge in [0.05, 0.1) is 17.9 Å². The molecule has 27 heavy (non-hydrogen) atoms. The van der Waals surface area contributed by atoms with E-state index in [4.69, 9.17) is 4.74 Å². The van der Waals surface area contributed by atoms with E-state index in [9.17, 15) is 4.79 Å². The van der Waals surface area contributed by atoms with Gasteiger partial charge in [-0.3, -0.25) is 4.79 Å². The van der Waals surface area contributed by atoms with Gasteiger partial charge in [0.2, 0.25) is 0 Å². The number of H-pyrrole nitrogens is 2. The normalized spacial score (nSPS) is 11.2. The number of methoxy groups -OCH3 is 1. The molecule has 0 radical (unpaired) electrons. The molecule has 2 heterocycles. The molecule has 0 aliphatic carbocycles. The Kier molecular flexibility index (Phi) is 6.27. The van der Waals surface area contributed by atoms with Crippen molar-refractivity contribution < 1.29 is 4.74 Å². The van der Waals surface area contributed by atoms with Crippen molar-refractivity contribution in [2.24, 2.45) is 0 Å². The zero-order valence-corrected chi connectivity index (χ0v) is 16.0. The SMILES string of the molecule is C=Cc1[nH]c(=O)c(-c2cc3cc(CNCCOC)ccc3[nH]2)cc1CCC. The van der Waals surface area contributed by atoms with Crippen LogP contribution in [0.1, 0.15) is 30.2 Å². The van der Waals surface area contributed by atoms with E-state index < -0.39 is 0 Å². The molecule has 0 fully saturated rings. The zero-order chi connectivity index (χ0) is 19.2. The molecule has 3 rings (SSSR count). The predicted molar refractivity (Wildman–Crippen MR) is 112 cm³/mol. The summed E-state index contributed by atoms with van der Waals surface area (Å²) in [6, 6.07) is 10.3. The second-order valence-electron chi connectivity index (χ2n) is 6.68. The minimum absolute atomic E-state index is 0.0993. The lowest BCUT2D eigenvalue weighted by molar-refractivity contribution is 0.199. The number of rotatable bonds is 9. The molecule has 0 spiro atoms. The number of hydrogen-bond acceptors (Lipinski definition) is 3. The van der Waals surface area contributed by atoms with E-state index in [2.05, 4.69) is 47.0 Å². The molecular formula is C22H27N3O2. The Morgan fingerprint density at radius 3 is 2.81 bits per heavy atom. The molecule has 1 aromatic carbocycles. The first kappa shape index (κ1) is 19.1. The number of nitrogens with one attached hydrogen (secondary N) is 3. The lowest BCUT2D eigenvalue weighted by Crippen LogP contribution is -2.18. The molecular weight excluding hydrogens is 338 g/mol. The van der Waals surface area contributed by atoms with Gasteiger partial charge in [0.1, 0.15) is 0 Å². The van der Waals surface area contributed by atoms with E-state index in [1.165, 1.54) is 5.56 Å². The predicted octanol–water partition coefficient (Wildman–Crippen LogP) is 3.85. The summed E-state index contributed by atoms with van der Waals surface area (Å²) in [5, 5.41) is 4.45. The Labute approximate surface area is 159 Å². The van der Waals surface area contributed by atoms with Crippen LogP contribution in [-0.2, 0) is 17.7 Å². The van der Waals surface area contributed by atoms with Crippen molar-refractivity contribution in [2.45, 2.75) is 26.3 Å². The van der Waals surface area contributed by atoms with Crippen LogP contribution in [0.25, 0.3) is 28.2 Å². The van der Waals surface area contributed by atoms with Crippen LogP contribution < -0.4 is 10.9 Å². The molecule has 5 heteroatoms. The summed E-state index contributed by atoms with van der Waals surface area (Å²) in [6.45, 7) is 8.23. The van der Waals surface area contributed by atoms with Crippen molar-refractivity contribution >= 4 is 17.0 Å². The largest absolute Gasteiger partial charge is 0.383 e. The van der Waals surface area contributed by atoms with E-state index in [0.717, 1.165) is 53.8 Å². The van der Waals surface area contributed by atoms with Crippen LogP contribution in [-0.4, -0.2) is 30.2 Å². The number of aromatic nitrogens is 2. The standard InChI is InChI=1S/C22H27N3O2/c1-4-6-16-12-18(22(26)25-19(16)5-2)21-13-17-11-15(7-8-20(17)24-21)14-23-9-10-27-3/h5,7-8,11-13,23-24H,2,4,6,9-10,14H2,1,3H3,(H,25,26). The first-order valence-corrected chi connectivity index (χ1v) is 9.36. The lowest BCUT2D eigenvalue weighted by Gasteiger charge is -2.07. The summed E-state index contributed by atoms with van der Waals surface area (Å²) < 4.78 is 5.05. The van der Waals surface area contributed by atoms with Gasteiger partial charge in [0, 0.05) is 36.8 Å². The van der Waals surface area contributed by atoms with Gasteiger partial charge in [-0.05, 0) is 47.9 Å². The monoisotopic (exact) mass is 365 g/mol. The quantitative estimate of drug-likeness (QED) is 0.504. The third-order valence-electron chi connectivity index (χ3n) is 4.67. The fourth-order valence-electron chi connectivity index (χ4n) is 3.29.